The zero-order valence-corrected chi connectivity index (χ0v) is 10.1. The zero-order chi connectivity index (χ0) is 11.7. The Bertz CT molecular complexity index is 531. The van der Waals surface area contributed by atoms with Crippen LogP contribution in [0.25, 0.3) is 0 Å². The summed E-state index contributed by atoms with van der Waals surface area (Å²) in [6.07, 6.45) is 1.08. The van der Waals surface area contributed by atoms with E-state index in [1.54, 1.807) is 0 Å². The van der Waals surface area contributed by atoms with Gasteiger partial charge in [-0.2, -0.15) is 0 Å². The van der Waals surface area contributed by atoms with Crippen LogP contribution in [0.4, 0.5) is 0 Å². The maximum atomic E-state index is 3.59. The van der Waals surface area contributed by atoms with Gasteiger partial charge in [0.2, 0.25) is 0 Å². The van der Waals surface area contributed by atoms with E-state index < -0.39 is 0 Å². The van der Waals surface area contributed by atoms with Crippen molar-refractivity contribution in [1.82, 2.24) is 5.32 Å². The third kappa shape index (κ3) is 2.11. The number of nitrogens with one attached hydrogen (secondary N) is 1. The highest BCUT2D eigenvalue weighted by atomic mass is 14.9. The molecule has 0 fully saturated rings. The molecule has 1 aliphatic heterocycles. The second kappa shape index (κ2) is 4.34. The molecule has 1 nitrogen and oxygen atoms in total. The van der Waals surface area contributed by atoms with Crippen molar-refractivity contribution in [3.63, 3.8) is 0 Å². The Morgan fingerprint density at radius 2 is 2.00 bits per heavy atom. The molecule has 0 saturated heterocycles. The standard InChI is InChI=1S/C16H17N/c1-12-5-4-6-13(9-12)10-16-15-8-3-2-7-14(15)11-17-16/h2-9,16-17H,10-11H2,1H3. The Kier molecular flexibility index (Phi) is 2.69. The molecule has 86 valence electrons. The lowest BCUT2D eigenvalue weighted by Crippen LogP contribution is -2.14. The van der Waals surface area contributed by atoms with Crippen LogP contribution in [0.2, 0.25) is 0 Å². The fourth-order valence-corrected chi connectivity index (χ4v) is 2.64. The second-order valence-electron chi connectivity index (χ2n) is 4.83. The van der Waals surface area contributed by atoms with Crippen LogP contribution >= 0.6 is 0 Å². The molecule has 2 aromatic rings. The van der Waals surface area contributed by atoms with Crippen LogP contribution in [0.15, 0.2) is 48.5 Å². The summed E-state index contributed by atoms with van der Waals surface area (Å²) in [5.41, 5.74) is 5.67. The summed E-state index contributed by atoms with van der Waals surface area (Å²) in [7, 11) is 0. The van der Waals surface area contributed by atoms with E-state index in [1.165, 1.54) is 22.3 Å². The predicted octanol–water partition coefficient (Wildman–Crippen LogP) is 3.38. The summed E-state index contributed by atoms with van der Waals surface area (Å²) in [5.74, 6) is 0. The minimum absolute atomic E-state index is 0.480. The monoisotopic (exact) mass is 223 g/mol. The fraction of sp³-hybridized carbons (Fsp3) is 0.250. The third-order valence-electron chi connectivity index (χ3n) is 3.49. The molecule has 0 aliphatic carbocycles. The minimum atomic E-state index is 0.480. The quantitative estimate of drug-likeness (QED) is 0.823. The van der Waals surface area contributed by atoms with Gasteiger partial charge in [-0.05, 0) is 30.0 Å². The first-order valence-electron chi connectivity index (χ1n) is 6.19. The van der Waals surface area contributed by atoms with Gasteiger partial charge in [0.25, 0.3) is 0 Å². The smallest absolute Gasteiger partial charge is 0.0367 e. The second-order valence-corrected chi connectivity index (χ2v) is 4.83. The van der Waals surface area contributed by atoms with Gasteiger partial charge in [0.05, 0.1) is 0 Å². The van der Waals surface area contributed by atoms with Crippen LogP contribution in [0.5, 0.6) is 0 Å². The Balaban J connectivity index is 1.84. The lowest BCUT2D eigenvalue weighted by molar-refractivity contribution is 0.581. The number of hydrogen-bond acceptors (Lipinski definition) is 1. The molecular weight excluding hydrogens is 206 g/mol. The largest absolute Gasteiger partial charge is 0.306 e. The number of hydrogen-bond donors (Lipinski definition) is 1. The first-order chi connectivity index (χ1) is 8.33. The molecule has 0 aromatic heterocycles. The molecular formula is C16H17N. The molecule has 3 rings (SSSR count). The number of benzene rings is 2. The van der Waals surface area contributed by atoms with E-state index in [-0.39, 0.29) is 0 Å². The Morgan fingerprint density at radius 3 is 2.88 bits per heavy atom. The van der Waals surface area contributed by atoms with Crippen molar-refractivity contribution in [2.24, 2.45) is 0 Å². The minimum Gasteiger partial charge on any atom is -0.306 e. The van der Waals surface area contributed by atoms with Crippen molar-refractivity contribution < 1.29 is 0 Å². The van der Waals surface area contributed by atoms with Crippen molar-refractivity contribution in [3.8, 4) is 0 Å². The van der Waals surface area contributed by atoms with E-state index in [0.717, 1.165) is 13.0 Å². The van der Waals surface area contributed by atoms with E-state index in [9.17, 15) is 0 Å². The summed E-state index contributed by atoms with van der Waals surface area (Å²) in [6.45, 7) is 3.16. The normalized spacial score (nSPS) is 18.1. The average Bonchev–Trinajstić information content (AvgIpc) is 2.73. The molecule has 1 aliphatic rings. The predicted molar refractivity (Wildman–Crippen MR) is 70.9 cm³/mol. The first-order valence-corrected chi connectivity index (χ1v) is 6.19. The van der Waals surface area contributed by atoms with Crippen LogP contribution in [0.3, 0.4) is 0 Å². The lowest BCUT2D eigenvalue weighted by Gasteiger charge is -2.12. The molecule has 1 heteroatoms. The Morgan fingerprint density at radius 1 is 1.12 bits per heavy atom. The molecule has 0 spiro atoms. The molecule has 0 bridgehead atoms. The third-order valence-corrected chi connectivity index (χ3v) is 3.49. The van der Waals surface area contributed by atoms with Crippen molar-refractivity contribution in [2.75, 3.05) is 0 Å². The van der Waals surface area contributed by atoms with Gasteiger partial charge in [-0.3, -0.25) is 0 Å². The van der Waals surface area contributed by atoms with E-state index in [4.69, 9.17) is 0 Å². The number of rotatable bonds is 2. The summed E-state index contributed by atoms with van der Waals surface area (Å²) in [6, 6.07) is 18.0. The summed E-state index contributed by atoms with van der Waals surface area (Å²) in [4.78, 5) is 0. The van der Waals surface area contributed by atoms with Gasteiger partial charge in [-0.25, -0.2) is 0 Å². The molecule has 0 radical (unpaired) electrons. The highest BCUT2D eigenvalue weighted by Crippen LogP contribution is 2.27. The van der Waals surface area contributed by atoms with Crippen molar-refractivity contribution in [3.05, 3.63) is 70.8 Å². The van der Waals surface area contributed by atoms with Crippen LogP contribution in [-0.4, -0.2) is 0 Å². The zero-order valence-electron chi connectivity index (χ0n) is 10.1. The topological polar surface area (TPSA) is 12.0 Å². The van der Waals surface area contributed by atoms with Crippen molar-refractivity contribution in [2.45, 2.75) is 25.9 Å². The Labute approximate surface area is 102 Å². The van der Waals surface area contributed by atoms with Crippen LogP contribution < -0.4 is 5.32 Å². The SMILES string of the molecule is Cc1cccc(CC2NCc3ccccc32)c1. The van der Waals surface area contributed by atoms with Gasteiger partial charge in [0, 0.05) is 12.6 Å². The van der Waals surface area contributed by atoms with Crippen LogP contribution in [0.1, 0.15) is 28.3 Å². The van der Waals surface area contributed by atoms with E-state index in [2.05, 4.69) is 60.8 Å². The van der Waals surface area contributed by atoms with Crippen molar-refractivity contribution in [1.29, 1.82) is 0 Å². The van der Waals surface area contributed by atoms with Crippen LogP contribution in [0, 0.1) is 6.92 Å². The first kappa shape index (κ1) is 10.5. The summed E-state index contributed by atoms with van der Waals surface area (Å²) in [5, 5.41) is 3.59. The van der Waals surface area contributed by atoms with Gasteiger partial charge >= 0.3 is 0 Å². The van der Waals surface area contributed by atoms with E-state index >= 15 is 0 Å². The van der Waals surface area contributed by atoms with Gasteiger partial charge < -0.3 is 5.32 Å². The maximum absolute atomic E-state index is 3.59. The Hall–Kier alpha value is -1.60. The molecule has 1 atom stereocenters. The van der Waals surface area contributed by atoms with Gasteiger partial charge in [-0.1, -0.05) is 54.1 Å². The van der Waals surface area contributed by atoms with Gasteiger partial charge in [0.15, 0.2) is 0 Å². The fourth-order valence-electron chi connectivity index (χ4n) is 2.64. The molecule has 1 unspecified atom stereocenters. The number of fused-ring (bicyclic) bond motifs is 1. The highest BCUT2D eigenvalue weighted by molar-refractivity contribution is 5.35. The van der Waals surface area contributed by atoms with Gasteiger partial charge in [-0.15, -0.1) is 0 Å². The van der Waals surface area contributed by atoms with Crippen LogP contribution in [-0.2, 0) is 13.0 Å². The average molecular weight is 223 g/mol. The summed E-state index contributed by atoms with van der Waals surface area (Å²) < 4.78 is 0. The molecule has 0 saturated carbocycles. The molecule has 1 heterocycles. The lowest BCUT2D eigenvalue weighted by atomic mass is 9.98. The van der Waals surface area contributed by atoms with E-state index in [0.29, 0.717) is 6.04 Å². The van der Waals surface area contributed by atoms with E-state index in [1.807, 2.05) is 0 Å². The summed E-state index contributed by atoms with van der Waals surface area (Å²) >= 11 is 0. The van der Waals surface area contributed by atoms with Gasteiger partial charge in [0.1, 0.15) is 0 Å². The molecule has 1 N–H and O–H groups in total. The van der Waals surface area contributed by atoms with Crippen molar-refractivity contribution >= 4 is 0 Å². The number of aryl methyl sites for hydroxylation is 1. The molecule has 2 aromatic carbocycles. The highest BCUT2D eigenvalue weighted by Gasteiger charge is 2.20. The molecule has 17 heavy (non-hydrogen) atoms. The maximum Gasteiger partial charge on any atom is 0.0367 e. The molecule has 0 amide bonds.